The van der Waals surface area contributed by atoms with Gasteiger partial charge in [0.05, 0.1) is 17.9 Å². The lowest BCUT2D eigenvalue weighted by Gasteiger charge is -2.36. The Morgan fingerprint density at radius 1 is 0.939 bits per heavy atom. The maximum absolute atomic E-state index is 13.4. The molecule has 3 aromatic carbocycles. The number of hydrogen-bond donors (Lipinski definition) is 0. The summed E-state index contributed by atoms with van der Waals surface area (Å²) in [6, 6.07) is 16.5. The zero-order valence-corrected chi connectivity index (χ0v) is 28.7. The second-order valence-electron chi connectivity index (χ2n) is 12.4. The second kappa shape index (κ2) is 15.1. The number of ether oxygens (including phenoxy) is 2. The smallest absolute Gasteiger partial charge is 0.416 e. The summed E-state index contributed by atoms with van der Waals surface area (Å²) in [6.07, 6.45) is -3.82. The number of carbonyl (C=O) groups is 2. The van der Waals surface area contributed by atoms with Gasteiger partial charge in [0.1, 0.15) is 16.6 Å². The molecule has 260 valence electrons. The monoisotopic (exact) mass is 697 g/mol. The molecule has 0 spiro atoms. The largest absolute Gasteiger partial charge is 0.476 e. The first-order chi connectivity index (χ1) is 23.2. The van der Waals surface area contributed by atoms with Gasteiger partial charge in [0.25, 0.3) is 0 Å². The fraction of sp³-hybridized carbons (Fsp3) is 0.378. The lowest BCUT2D eigenvalue weighted by Crippen LogP contribution is -2.46. The van der Waals surface area contributed by atoms with E-state index in [-0.39, 0.29) is 24.6 Å². The van der Waals surface area contributed by atoms with Crippen molar-refractivity contribution in [3.63, 3.8) is 0 Å². The number of carbonyl (C=O) groups excluding carboxylic acids is 2. The van der Waals surface area contributed by atoms with Gasteiger partial charge in [-0.05, 0) is 94.3 Å². The fourth-order valence-corrected chi connectivity index (χ4v) is 6.66. The summed E-state index contributed by atoms with van der Waals surface area (Å²) in [6.45, 7) is 10.5. The molecule has 49 heavy (non-hydrogen) atoms. The average molecular weight is 698 g/mol. The number of aromatic nitrogens is 1. The molecule has 2 heterocycles. The number of benzene rings is 3. The molecule has 12 heteroatoms. The zero-order valence-electron chi connectivity index (χ0n) is 27.9. The van der Waals surface area contributed by atoms with E-state index in [1.54, 1.807) is 58.0 Å². The van der Waals surface area contributed by atoms with Crippen molar-refractivity contribution < 1.29 is 36.6 Å². The molecule has 1 saturated heterocycles. The molecule has 0 saturated carbocycles. The third kappa shape index (κ3) is 9.04. The van der Waals surface area contributed by atoms with Crippen LogP contribution in [0.4, 0.5) is 23.2 Å². The summed E-state index contributed by atoms with van der Waals surface area (Å²) in [5.74, 6) is -0.375. The number of Topliss-reactive ketones (excluding diaryl/α,β-unsaturated/α-hetero) is 1. The first-order valence-corrected chi connectivity index (χ1v) is 16.9. The molecule has 5 rings (SSSR count). The number of rotatable bonds is 12. The minimum absolute atomic E-state index is 0.0809. The Kier molecular flexibility index (Phi) is 11.1. The minimum atomic E-state index is -4.44. The van der Waals surface area contributed by atoms with Crippen LogP contribution in [0.25, 0.3) is 10.6 Å². The van der Waals surface area contributed by atoms with Crippen molar-refractivity contribution in [2.45, 2.75) is 58.9 Å². The first kappa shape index (κ1) is 36.0. The lowest BCUT2D eigenvalue weighted by atomic mass is 10.0. The molecular formula is C37H39F4N3O4S. The molecule has 1 fully saturated rings. The number of aryl methyl sites for hydroxylation is 2. The van der Waals surface area contributed by atoms with Crippen LogP contribution in [0.1, 0.15) is 59.2 Å². The Hall–Kier alpha value is -4.29. The standard InChI is InChI=1S/C37H39F4N3O4S/c1-5-47-35(46)36(3,4)48-32-16-8-26(22-24(32)2)31(45)15-17-33-30(42-34(49-33)25-6-9-27(10-7-25)37(39,40)41)23-43-18-20-44(21-19-43)29-13-11-28(38)12-14-29/h6-14,16,22H,5,15,17-21,23H2,1-4H3. The SMILES string of the molecule is CCOC(=O)C(C)(C)Oc1ccc(C(=O)CCc2sc(-c3ccc(C(F)(F)F)cc3)nc2CN2CCN(c3ccc(F)cc3)CC2)cc1C. The van der Waals surface area contributed by atoms with Crippen molar-refractivity contribution in [3.05, 3.63) is 99.8 Å². The molecule has 0 aliphatic carbocycles. The van der Waals surface area contributed by atoms with E-state index in [0.29, 0.717) is 40.4 Å². The Labute approximate surface area is 287 Å². The second-order valence-corrected chi connectivity index (χ2v) is 13.5. The van der Waals surface area contributed by atoms with E-state index < -0.39 is 23.3 Å². The Balaban J connectivity index is 1.30. The summed E-state index contributed by atoms with van der Waals surface area (Å²) in [7, 11) is 0. The molecule has 0 unspecified atom stereocenters. The van der Waals surface area contributed by atoms with Crippen molar-refractivity contribution in [3.8, 4) is 16.3 Å². The topological polar surface area (TPSA) is 72.0 Å². The van der Waals surface area contributed by atoms with E-state index in [4.69, 9.17) is 14.5 Å². The fourth-order valence-electron chi connectivity index (χ4n) is 5.59. The number of piperazine rings is 1. The van der Waals surface area contributed by atoms with Crippen LogP contribution in [0.5, 0.6) is 5.75 Å². The Bertz CT molecular complexity index is 1760. The average Bonchev–Trinajstić information content (AvgIpc) is 3.47. The van der Waals surface area contributed by atoms with Gasteiger partial charge in [-0.3, -0.25) is 9.69 Å². The maximum Gasteiger partial charge on any atom is 0.416 e. The summed E-state index contributed by atoms with van der Waals surface area (Å²) in [5.41, 5.74) is 1.60. The van der Waals surface area contributed by atoms with Gasteiger partial charge in [-0.25, -0.2) is 14.2 Å². The van der Waals surface area contributed by atoms with Gasteiger partial charge in [0.2, 0.25) is 0 Å². The molecule has 0 bridgehead atoms. The van der Waals surface area contributed by atoms with E-state index in [0.717, 1.165) is 54.6 Å². The van der Waals surface area contributed by atoms with Gasteiger partial charge < -0.3 is 14.4 Å². The number of thiazole rings is 1. The molecule has 0 radical (unpaired) electrons. The van der Waals surface area contributed by atoms with Crippen molar-refractivity contribution >= 4 is 28.8 Å². The van der Waals surface area contributed by atoms with Crippen LogP contribution >= 0.6 is 11.3 Å². The highest BCUT2D eigenvalue weighted by molar-refractivity contribution is 7.15. The first-order valence-electron chi connectivity index (χ1n) is 16.1. The highest BCUT2D eigenvalue weighted by atomic mass is 32.1. The number of esters is 1. The van der Waals surface area contributed by atoms with Crippen LogP contribution in [-0.2, 0) is 28.7 Å². The number of alkyl halides is 3. The predicted octanol–water partition coefficient (Wildman–Crippen LogP) is 8.13. The molecular weight excluding hydrogens is 658 g/mol. The number of hydrogen-bond acceptors (Lipinski definition) is 8. The summed E-state index contributed by atoms with van der Waals surface area (Å²) in [4.78, 5) is 35.9. The highest BCUT2D eigenvalue weighted by Crippen LogP contribution is 2.34. The van der Waals surface area contributed by atoms with Crippen molar-refractivity contribution in [2.24, 2.45) is 0 Å². The zero-order chi connectivity index (χ0) is 35.3. The number of anilines is 1. The normalized spacial score (nSPS) is 14.2. The van der Waals surface area contributed by atoms with Gasteiger partial charge >= 0.3 is 12.1 Å². The van der Waals surface area contributed by atoms with Crippen molar-refractivity contribution in [1.82, 2.24) is 9.88 Å². The quantitative estimate of drug-likeness (QED) is 0.0841. The Morgan fingerprint density at radius 2 is 1.61 bits per heavy atom. The van der Waals surface area contributed by atoms with Crippen LogP contribution in [0.15, 0.2) is 66.7 Å². The van der Waals surface area contributed by atoms with Crippen LogP contribution in [0.3, 0.4) is 0 Å². The van der Waals surface area contributed by atoms with Gasteiger partial charge in [-0.1, -0.05) is 12.1 Å². The van der Waals surface area contributed by atoms with Crippen molar-refractivity contribution in [2.75, 3.05) is 37.7 Å². The summed E-state index contributed by atoms with van der Waals surface area (Å²) >= 11 is 1.39. The van der Waals surface area contributed by atoms with Crippen LogP contribution < -0.4 is 9.64 Å². The summed E-state index contributed by atoms with van der Waals surface area (Å²) in [5, 5.41) is 0.595. The van der Waals surface area contributed by atoms with Crippen LogP contribution in [-0.4, -0.2) is 60.0 Å². The number of nitrogens with zero attached hydrogens (tertiary/aromatic N) is 3. The summed E-state index contributed by atoms with van der Waals surface area (Å²) < 4.78 is 64.1. The predicted molar refractivity (Wildman–Crippen MR) is 182 cm³/mol. The van der Waals surface area contributed by atoms with Gasteiger partial charge in [0.15, 0.2) is 11.4 Å². The van der Waals surface area contributed by atoms with Gasteiger partial charge in [0, 0.05) is 60.8 Å². The molecule has 4 aromatic rings. The van der Waals surface area contributed by atoms with E-state index in [9.17, 15) is 27.2 Å². The molecule has 1 aliphatic rings. The van der Waals surface area contributed by atoms with Gasteiger partial charge in [-0.2, -0.15) is 13.2 Å². The number of ketones is 1. The highest BCUT2D eigenvalue weighted by Gasteiger charge is 2.32. The van der Waals surface area contributed by atoms with E-state index in [2.05, 4.69) is 9.80 Å². The Morgan fingerprint density at radius 3 is 2.22 bits per heavy atom. The molecule has 1 aliphatic heterocycles. The molecule has 0 N–H and O–H groups in total. The van der Waals surface area contributed by atoms with Crippen LogP contribution in [0, 0.1) is 12.7 Å². The van der Waals surface area contributed by atoms with Gasteiger partial charge in [-0.15, -0.1) is 11.3 Å². The number of halogens is 4. The van der Waals surface area contributed by atoms with E-state index in [1.165, 1.54) is 35.6 Å². The minimum Gasteiger partial charge on any atom is -0.476 e. The molecule has 0 amide bonds. The molecule has 0 atom stereocenters. The van der Waals surface area contributed by atoms with E-state index >= 15 is 0 Å². The molecule has 7 nitrogen and oxygen atoms in total. The maximum atomic E-state index is 13.4. The lowest BCUT2D eigenvalue weighted by molar-refractivity contribution is -0.158. The van der Waals surface area contributed by atoms with Crippen LogP contribution in [0.2, 0.25) is 0 Å². The third-order valence-electron chi connectivity index (χ3n) is 8.38. The van der Waals surface area contributed by atoms with Crippen molar-refractivity contribution in [1.29, 1.82) is 0 Å². The third-order valence-corrected chi connectivity index (χ3v) is 9.59. The van der Waals surface area contributed by atoms with E-state index in [1.807, 2.05) is 0 Å². The molecule has 1 aromatic heterocycles.